The SMILES string of the molecule is Cc1ccccc1Cc1nnnn1C(C)C(=O)O. The second-order valence-electron chi connectivity index (χ2n) is 4.16. The maximum Gasteiger partial charge on any atom is 0.328 e. The summed E-state index contributed by atoms with van der Waals surface area (Å²) in [5, 5.41) is 20.2. The van der Waals surface area contributed by atoms with Gasteiger partial charge in [0.15, 0.2) is 5.82 Å². The molecule has 0 saturated carbocycles. The van der Waals surface area contributed by atoms with Gasteiger partial charge in [-0.1, -0.05) is 24.3 Å². The fourth-order valence-corrected chi connectivity index (χ4v) is 1.71. The number of hydrogen-bond acceptors (Lipinski definition) is 4. The number of carboxylic acid groups (broad SMARTS) is 1. The molecule has 1 heterocycles. The average Bonchev–Trinajstić information content (AvgIpc) is 2.79. The highest BCUT2D eigenvalue weighted by molar-refractivity contribution is 5.71. The summed E-state index contributed by atoms with van der Waals surface area (Å²) in [6.07, 6.45) is 0.525. The fourth-order valence-electron chi connectivity index (χ4n) is 1.71. The largest absolute Gasteiger partial charge is 0.480 e. The van der Waals surface area contributed by atoms with Crippen LogP contribution in [0.4, 0.5) is 0 Å². The van der Waals surface area contributed by atoms with Gasteiger partial charge in [0.2, 0.25) is 0 Å². The van der Waals surface area contributed by atoms with Gasteiger partial charge >= 0.3 is 5.97 Å². The zero-order valence-corrected chi connectivity index (χ0v) is 10.2. The zero-order valence-electron chi connectivity index (χ0n) is 10.2. The molecule has 6 nitrogen and oxygen atoms in total. The molecular formula is C12H14N4O2. The molecule has 1 aromatic carbocycles. The van der Waals surface area contributed by atoms with Gasteiger partial charge in [-0.15, -0.1) is 5.10 Å². The average molecular weight is 246 g/mol. The van der Waals surface area contributed by atoms with Gasteiger partial charge in [-0.3, -0.25) is 0 Å². The molecule has 2 aromatic rings. The lowest BCUT2D eigenvalue weighted by Crippen LogP contribution is -2.19. The van der Waals surface area contributed by atoms with Crippen molar-refractivity contribution in [2.45, 2.75) is 26.3 Å². The topological polar surface area (TPSA) is 80.9 Å². The van der Waals surface area contributed by atoms with Gasteiger partial charge in [-0.05, 0) is 35.4 Å². The van der Waals surface area contributed by atoms with Crippen molar-refractivity contribution in [2.75, 3.05) is 0 Å². The summed E-state index contributed by atoms with van der Waals surface area (Å²) in [5.74, 6) is -0.396. The van der Waals surface area contributed by atoms with Gasteiger partial charge in [0.1, 0.15) is 6.04 Å². The van der Waals surface area contributed by atoms with Crippen LogP contribution in [0.3, 0.4) is 0 Å². The molecule has 0 fully saturated rings. The second-order valence-corrected chi connectivity index (χ2v) is 4.16. The van der Waals surface area contributed by atoms with Crippen LogP contribution in [0.25, 0.3) is 0 Å². The monoisotopic (exact) mass is 246 g/mol. The van der Waals surface area contributed by atoms with E-state index in [1.165, 1.54) is 4.68 Å². The Bertz CT molecular complexity index is 565. The van der Waals surface area contributed by atoms with E-state index >= 15 is 0 Å². The number of hydrogen-bond donors (Lipinski definition) is 1. The van der Waals surface area contributed by atoms with E-state index in [9.17, 15) is 4.79 Å². The first-order valence-corrected chi connectivity index (χ1v) is 5.63. The number of carbonyl (C=O) groups is 1. The number of aryl methyl sites for hydroxylation is 1. The van der Waals surface area contributed by atoms with Gasteiger partial charge in [0, 0.05) is 6.42 Å². The first kappa shape index (κ1) is 12.2. The van der Waals surface area contributed by atoms with Gasteiger partial charge in [-0.25, -0.2) is 9.48 Å². The first-order chi connectivity index (χ1) is 8.59. The number of rotatable bonds is 4. The summed E-state index contributed by atoms with van der Waals surface area (Å²) >= 11 is 0. The fraction of sp³-hybridized carbons (Fsp3) is 0.333. The van der Waals surface area contributed by atoms with Crippen molar-refractivity contribution in [1.82, 2.24) is 20.2 Å². The lowest BCUT2D eigenvalue weighted by molar-refractivity contribution is -0.140. The van der Waals surface area contributed by atoms with Crippen LogP contribution >= 0.6 is 0 Å². The van der Waals surface area contributed by atoms with Crippen molar-refractivity contribution in [2.24, 2.45) is 0 Å². The number of aromatic nitrogens is 4. The summed E-state index contributed by atoms with van der Waals surface area (Å²) in [7, 11) is 0. The van der Waals surface area contributed by atoms with Crippen LogP contribution in [0.15, 0.2) is 24.3 Å². The molecule has 1 N–H and O–H groups in total. The molecule has 0 aliphatic carbocycles. The van der Waals surface area contributed by atoms with Crippen molar-refractivity contribution < 1.29 is 9.90 Å². The minimum atomic E-state index is -0.951. The Morgan fingerprint density at radius 3 is 2.83 bits per heavy atom. The molecule has 0 bridgehead atoms. The molecule has 1 atom stereocenters. The van der Waals surface area contributed by atoms with Crippen molar-refractivity contribution in [3.8, 4) is 0 Å². The van der Waals surface area contributed by atoms with E-state index in [0.29, 0.717) is 12.2 Å². The van der Waals surface area contributed by atoms with E-state index in [1.54, 1.807) is 6.92 Å². The summed E-state index contributed by atoms with van der Waals surface area (Å²) < 4.78 is 1.34. The van der Waals surface area contributed by atoms with Crippen LogP contribution < -0.4 is 0 Å². The predicted octanol–water partition coefficient (Wildman–Crippen LogP) is 1.22. The number of nitrogens with zero attached hydrogens (tertiary/aromatic N) is 4. The summed E-state index contributed by atoms with van der Waals surface area (Å²) in [6.45, 7) is 3.56. The smallest absolute Gasteiger partial charge is 0.328 e. The minimum absolute atomic E-state index is 0.525. The quantitative estimate of drug-likeness (QED) is 0.877. The molecular weight excluding hydrogens is 232 g/mol. The maximum absolute atomic E-state index is 11.0. The Morgan fingerprint density at radius 2 is 2.17 bits per heavy atom. The molecule has 0 aliphatic heterocycles. The molecule has 6 heteroatoms. The number of tetrazole rings is 1. The molecule has 0 saturated heterocycles. The Labute approximate surface area is 104 Å². The standard InChI is InChI=1S/C12H14N4O2/c1-8-5-3-4-6-10(8)7-11-13-14-15-16(11)9(2)12(17)18/h3-6,9H,7H2,1-2H3,(H,17,18). The molecule has 94 valence electrons. The molecule has 2 rings (SSSR count). The third-order valence-corrected chi connectivity index (χ3v) is 2.90. The molecule has 1 aromatic heterocycles. The number of carboxylic acids is 1. The van der Waals surface area contributed by atoms with Crippen molar-refractivity contribution in [3.05, 3.63) is 41.2 Å². The number of aliphatic carboxylic acids is 1. The van der Waals surface area contributed by atoms with E-state index in [4.69, 9.17) is 5.11 Å². The molecule has 1 unspecified atom stereocenters. The Hall–Kier alpha value is -2.24. The molecule has 0 aliphatic rings. The van der Waals surface area contributed by atoms with Crippen LogP contribution in [0.1, 0.15) is 29.9 Å². The minimum Gasteiger partial charge on any atom is -0.480 e. The Balaban J connectivity index is 2.28. The molecule has 0 amide bonds. The van der Waals surface area contributed by atoms with E-state index in [0.717, 1.165) is 11.1 Å². The highest BCUT2D eigenvalue weighted by Crippen LogP contribution is 2.14. The molecule has 0 radical (unpaired) electrons. The predicted molar refractivity (Wildman–Crippen MR) is 64.1 cm³/mol. The lowest BCUT2D eigenvalue weighted by Gasteiger charge is -2.09. The maximum atomic E-state index is 11.0. The van der Waals surface area contributed by atoms with E-state index in [-0.39, 0.29) is 0 Å². The van der Waals surface area contributed by atoms with E-state index in [2.05, 4.69) is 15.5 Å². The molecule has 0 spiro atoms. The Morgan fingerprint density at radius 1 is 1.44 bits per heavy atom. The summed E-state index contributed by atoms with van der Waals surface area (Å²) in [6, 6.07) is 7.13. The molecule has 18 heavy (non-hydrogen) atoms. The van der Waals surface area contributed by atoms with Crippen molar-refractivity contribution >= 4 is 5.97 Å². The highest BCUT2D eigenvalue weighted by Gasteiger charge is 2.19. The van der Waals surface area contributed by atoms with Crippen LogP contribution in [0.2, 0.25) is 0 Å². The van der Waals surface area contributed by atoms with Crippen molar-refractivity contribution in [3.63, 3.8) is 0 Å². The summed E-state index contributed by atoms with van der Waals surface area (Å²) in [4.78, 5) is 11.0. The number of benzene rings is 1. The van der Waals surface area contributed by atoms with Crippen LogP contribution in [0, 0.1) is 6.92 Å². The van der Waals surface area contributed by atoms with Crippen LogP contribution in [0.5, 0.6) is 0 Å². The third-order valence-electron chi connectivity index (χ3n) is 2.90. The van der Waals surface area contributed by atoms with Crippen LogP contribution in [-0.4, -0.2) is 31.3 Å². The first-order valence-electron chi connectivity index (χ1n) is 5.63. The van der Waals surface area contributed by atoms with Crippen molar-refractivity contribution in [1.29, 1.82) is 0 Å². The second kappa shape index (κ2) is 4.95. The van der Waals surface area contributed by atoms with Gasteiger partial charge < -0.3 is 5.11 Å². The van der Waals surface area contributed by atoms with Gasteiger partial charge in [-0.2, -0.15) is 0 Å². The van der Waals surface area contributed by atoms with E-state index < -0.39 is 12.0 Å². The summed E-state index contributed by atoms with van der Waals surface area (Å²) in [5.41, 5.74) is 2.22. The Kier molecular flexibility index (Phi) is 3.36. The van der Waals surface area contributed by atoms with Gasteiger partial charge in [0.25, 0.3) is 0 Å². The van der Waals surface area contributed by atoms with Crippen LogP contribution in [-0.2, 0) is 11.2 Å². The van der Waals surface area contributed by atoms with E-state index in [1.807, 2.05) is 31.2 Å². The lowest BCUT2D eigenvalue weighted by atomic mass is 10.1. The zero-order chi connectivity index (χ0) is 13.1. The third kappa shape index (κ3) is 2.37. The van der Waals surface area contributed by atoms with Gasteiger partial charge in [0.05, 0.1) is 0 Å². The highest BCUT2D eigenvalue weighted by atomic mass is 16.4. The normalized spacial score (nSPS) is 12.3.